The van der Waals surface area contributed by atoms with Crippen molar-refractivity contribution in [3.8, 4) is 0 Å². The molecule has 0 atom stereocenters. The van der Waals surface area contributed by atoms with Crippen LogP contribution in [0.25, 0.3) is 0 Å². The fourth-order valence-corrected chi connectivity index (χ4v) is 2.04. The van der Waals surface area contributed by atoms with E-state index in [1.165, 1.54) is 0 Å². The van der Waals surface area contributed by atoms with Gasteiger partial charge in [0.1, 0.15) is 0 Å². The Balaban J connectivity index is 2.03. The molecule has 2 N–H and O–H groups in total. The maximum absolute atomic E-state index is 12.3. The van der Waals surface area contributed by atoms with Crippen LogP contribution in [-0.4, -0.2) is 29.2 Å². The van der Waals surface area contributed by atoms with E-state index < -0.39 is 0 Å². The van der Waals surface area contributed by atoms with Gasteiger partial charge in [0.15, 0.2) is 0 Å². The molecule has 0 saturated heterocycles. The number of aliphatic hydroxyl groups excluding tert-OH is 1. The quantitative estimate of drug-likeness (QED) is 0.890. The van der Waals surface area contributed by atoms with E-state index >= 15 is 0 Å². The Morgan fingerprint density at radius 3 is 2.38 bits per heavy atom. The van der Waals surface area contributed by atoms with Gasteiger partial charge in [0.05, 0.1) is 6.61 Å². The summed E-state index contributed by atoms with van der Waals surface area (Å²) in [5.41, 5.74) is 1.68. The first-order chi connectivity index (χ1) is 10.2. The molecule has 0 aromatic heterocycles. The number of halogens is 1. The van der Waals surface area contributed by atoms with Crippen LogP contribution in [0.5, 0.6) is 0 Å². The molecule has 0 saturated carbocycles. The van der Waals surface area contributed by atoms with Gasteiger partial charge in [-0.05, 0) is 29.8 Å². The zero-order valence-electron chi connectivity index (χ0n) is 11.5. The van der Waals surface area contributed by atoms with E-state index in [4.69, 9.17) is 16.7 Å². The molecule has 5 heteroatoms. The molecule has 0 aliphatic heterocycles. The highest BCUT2D eigenvalue weighted by molar-refractivity contribution is 6.30. The minimum absolute atomic E-state index is 0.0825. The van der Waals surface area contributed by atoms with E-state index in [9.17, 15) is 4.79 Å². The van der Waals surface area contributed by atoms with E-state index in [1.54, 1.807) is 29.2 Å². The summed E-state index contributed by atoms with van der Waals surface area (Å²) < 4.78 is 0. The SMILES string of the molecule is O=C(Nc1ccc(Cl)cc1)N(CCO)Cc1ccccc1. The summed E-state index contributed by atoms with van der Waals surface area (Å²) >= 11 is 5.81. The van der Waals surface area contributed by atoms with E-state index in [0.29, 0.717) is 17.3 Å². The summed E-state index contributed by atoms with van der Waals surface area (Å²) in [5.74, 6) is 0. The Bertz CT molecular complexity index is 573. The van der Waals surface area contributed by atoms with Gasteiger partial charge in [-0.25, -0.2) is 4.79 Å². The van der Waals surface area contributed by atoms with Crippen LogP contribution in [0.2, 0.25) is 5.02 Å². The molecule has 2 amide bonds. The smallest absolute Gasteiger partial charge is 0.322 e. The highest BCUT2D eigenvalue weighted by Crippen LogP contribution is 2.14. The van der Waals surface area contributed by atoms with Crippen molar-refractivity contribution in [3.05, 3.63) is 65.2 Å². The third-order valence-corrected chi connectivity index (χ3v) is 3.22. The van der Waals surface area contributed by atoms with Gasteiger partial charge in [-0.15, -0.1) is 0 Å². The number of urea groups is 1. The summed E-state index contributed by atoms with van der Waals surface area (Å²) in [5, 5.41) is 12.5. The number of hydrogen-bond acceptors (Lipinski definition) is 2. The largest absolute Gasteiger partial charge is 0.395 e. The molecule has 2 aromatic rings. The average molecular weight is 305 g/mol. The third kappa shape index (κ3) is 4.77. The van der Waals surface area contributed by atoms with Crippen LogP contribution in [0.4, 0.5) is 10.5 Å². The van der Waals surface area contributed by atoms with Crippen molar-refractivity contribution < 1.29 is 9.90 Å². The molecule has 2 rings (SSSR count). The Morgan fingerprint density at radius 2 is 1.76 bits per heavy atom. The van der Waals surface area contributed by atoms with Gasteiger partial charge in [-0.3, -0.25) is 0 Å². The lowest BCUT2D eigenvalue weighted by Crippen LogP contribution is -2.36. The zero-order chi connectivity index (χ0) is 15.1. The van der Waals surface area contributed by atoms with Crippen LogP contribution >= 0.6 is 11.6 Å². The summed E-state index contributed by atoms with van der Waals surface area (Å²) in [4.78, 5) is 13.8. The Morgan fingerprint density at radius 1 is 1.10 bits per heavy atom. The number of anilines is 1. The molecular formula is C16H17ClN2O2. The molecule has 0 bridgehead atoms. The Hall–Kier alpha value is -2.04. The monoisotopic (exact) mass is 304 g/mol. The molecule has 0 aliphatic carbocycles. The Labute approximate surface area is 129 Å². The van der Waals surface area contributed by atoms with Gasteiger partial charge >= 0.3 is 6.03 Å². The average Bonchev–Trinajstić information content (AvgIpc) is 2.50. The Kier molecular flexibility index (Phi) is 5.60. The minimum Gasteiger partial charge on any atom is -0.395 e. The van der Waals surface area contributed by atoms with Crippen molar-refractivity contribution in [1.29, 1.82) is 0 Å². The molecule has 2 aromatic carbocycles. The van der Waals surface area contributed by atoms with Crippen LogP contribution in [0.3, 0.4) is 0 Å². The van der Waals surface area contributed by atoms with Crippen LogP contribution in [-0.2, 0) is 6.54 Å². The van der Waals surface area contributed by atoms with E-state index in [0.717, 1.165) is 5.56 Å². The van der Waals surface area contributed by atoms with Crippen molar-refractivity contribution in [2.24, 2.45) is 0 Å². The normalized spacial score (nSPS) is 10.2. The fourth-order valence-electron chi connectivity index (χ4n) is 1.91. The number of nitrogens with zero attached hydrogens (tertiary/aromatic N) is 1. The van der Waals surface area contributed by atoms with Crippen molar-refractivity contribution in [1.82, 2.24) is 4.90 Å². The van der Waals surface area contributed by atoms with Crippen LogP contribution < -0.4 is 5.32 Å². The second-order valence-electron chi connectivity index (χ2n) is 4.57. The standard InChI is InChI=1S/C16H17ClN2O2/c17-14-6-8-15(9-7-14)18-16(21)19(10-11-20)12-13-4-2-1-3-5-13/h1-9,20H,10-12H2,(H,18,21). The van der Waals surface area contributed by atoms with Crippen molar-refractivity contribution in [3.63, 3.8) is 0 Å². The number of amides is 2. The highest BCUT2D eigenvalue weighted by atomic mass is 35.5. The van der Waals surface area contributed by atoms with Gasteiger partial charge in [0.25, 0.3) is 0 Å². The number of aliphatic hydroxyl groups is 1. The highest BCUT2D eigenvalue weighted by Gasteiger charge is 2.13. The zero-order valence-corrected chi connectivity index (χ0v) is 12.3. The maximum atomic E-state index is 12.3. The molecule has 110 valence electrons. The van der Waals surface area contributed by atoms with E-state index in [-0.39, 0.29) is 19.2 Å². The molecule has 4 nitrogen and oxygen atoms in total. The molecule has 0 unspecified atom stereocenters. The van der Waals surface area contributed by atoms with E-state index in [1.807, 2.05) is 30.3 Å². The van der Waals surface area contributed by atoms with Crippen LogP contribution in [0.1, 0.15) is 5.56 Å². The van der Waals surface area contributed by atoms with Gasteiger partial charge in [-0.1, -0.05) is 41.9 Å². The lowest BCUT2D eigenvalue weighted by atomic mass is 10.2. The number of nitrogens with one attached hydrogen (secondary N) is 1. The number of carbonyl (C=O) groups is 1. The van der Waals surface area contributed by atoms with Gasteiger partial charge in [0.2, 0.25) is 0 Å². The first-order valence-electron chi connectivity index (χ1n) is 6.65. The first kappa shape index (κ1) is 15.4. The van der Waals surface area contributed by atoms with Crippen molar-refractivity contribution in [2.75, 3.05) is 18.5 Å². The van der Waals surface area contributed by atoms with Gasteiger partial charge in [0, 0.05) is 23.8 Å². The lowest BCUT2D eigenvalue weighted by Gasteiger charge is -2.22. The topological polar surface area (TPSA) is 52.6 Å². The summed E-state index contributed by atoms with van der Waals surface area (Å²) in [6.07, 6.45) is 0. The minimum atomic E-state index is -0.254. The maximum Gasteiger partial charge on any atom is 0.322 e. The second kappa shape index (κ2) is 7.67. The summed E-state index contributed by atoms with van der Waals surface area (Å²) in [7, 11) is 0. The predicted octanol–water partition coefficient (Wildman–Crippen LogP) is 3.37. The van der Waals surface area contributed by atoms with E-state index in [2.05, 4.69) is 5.32 Å². The fraction of sp³-hybridized carbons (Fsp3) is 0.188. The number of hydrogen-bond donors (Lipinski definition) is 2. The molecule has 0 spiro atoms. The lowest BCUT2D eigenvalue weighted by molar-refractivity contribution is 0.185. The van der Waals surface area contributed by atoms with Crippen molar-refractivity contribution >= 4 is 23.3 Å². The number of rotatable bonds is 5. The molecule has 21 heavy (non-hydrogen) atoms. The molecule has 0 fully saturated rings. The van der Waals surface area contributed by atoms with Gasteiger partial charge in [-0.2, -0.15) is 0 Å². The summed E-state index contributed by atoms with van der Waals surface area (Å²) in [6, 6.07) is 16.3. The predicted molar refractivity (Wildman–Crippen MR) is 84.4 cm³/mol. The van der Waals surface area contributed by atoms with Crippen LogP contribution in [0, 0.1) is 0 Å². The second-order valence-corrected chi connectivity index (χ2v) is 5.00. The molecule has 0 radical (unpaired) electrons. The van der Waals surface area contributed by atoms with Crippen LogP contribution in [0.15, 0.2) is 54.6 Å². The third-order valence-electron chi connectivity index (χ3n) is 2.97. The molecule has 0 aliphatic rings. The first-order valence-corrected chi connectivity index (χ1v) is 7.03. The number of carbonyl (C=O) groups excluding carboxylic acids is 1. The van der Waals surface area contributed by atoms with Gasteiger partial charge < -0.3 is 15.3 Å². The molecular weight excluding hydrogens is 288 g/mol. The van der Waals surface area contributed by atoms with Crippen molar-refractivity contribution in [2.45, 2.75) is 6.54 Å². The molecule has 0 heterocycles. The number of benzene rings is 2. The summed E-state index contributed by atoms with van der Waals surface area (Å²) in [6.45, 7) is 0.635.